The van der Waals surface area contributed by atoms with Gasteiger partial charge in [0.1, 0.15) is 5.52 Å². The molecule has 0 aliphatic carbocycles. The Hall–Kier alpha value is -1.62. The molecule has 5 nitrogen and oxygen atoms in total. The van der Waals surface area contributed by atoms with Gasteiger partial charge in [-0.25, -0.2) is 4.98 Å². The SMILES string of the molecule is CC(C)Nc1nc2cnccc2n1CC1CCNCC1. The summed E-state index contributed by atoms with van der Waals surface area (Å²) in [5.41, 5.74) is 2.16. The van der Waals surface area contributed by atoms with E-state index in [4.69, 9.17) is 4.98 Å². The monoisotopic (exact) mass is 273 g/mol. The van der Waals surface area contributed by atoms with Crippen molar-refractivity contribution in [3.63, 3.8) is 0 Å². The summed E-state index contributed by atoms with van der Waals surface area (Å²) in [4.78, 5) is 8.87. The zero-order chi connectivity index (χ0) is 13.9. The molecule has 3 heterocycles. The van der Waals surface area contributed by atoms with Gasteiger partial charge in [0.25, 0.3) is 0 Å². The molecule has 0 saturated carbocycles. The zero-order valence-corrected chi connectivity index (χ0v) is 12.3. The molecule has 3 rings (SSSR count). The number of piperidine rings is 1. The van der Waals surface area contributed by atoms with E-state index < -0.39 is 0 Å². The minimum atomic E-state index is 0.381. The van der Waals surface area contributed by atoms with Crippen molar-refractivity contribution < 1.29 is 0 Å². The van der Waals surface area contributed by atoms with E-state index in [0.29, 0.717) is 6.04 Å². The van der Waals surface area contributed by atoms with Gasteiger partial charge in [-0.2, -0.15) is 0 Å². The standard InChI is InChI=1S/C15H23N5/c1-11(2)18-15-19-13-9-17-8-5-14(13)20(15)10-12-3-6-16-7-4-12/h5,8-9,11-12,16H,3-4,6-7,10H2,1-2H3,(H,18,19). The molecule has 2 N–H and O–H groups in total. The number of pyridine rings is 1. The number of hydrogen-bond donors (Lipinski definition) is 2. The van der Waals surface area contributed by atoms with Gasteiger partial charge in [-0.05, 0) is 51.8 Å². The Kier molecular flexibility index (Phi) is 3.87. The molecule has 0 unspecified atom stereocenters. The summed E-state index contributed by atoms with van der Waals surface area (Å²) in [5, 5.41) is 6.89. The minimum absolute atomic E-state index is 0.381. The predicted octanol–water partition coefficient (Wildman–Crippen LogP) is 2.25. The van der Waals surface area contributed by atoms with Crippen molar-refractivity contribution >= 4 is 17.0 Å². The second kappa shape index (κ2) is 5.79. The second-order valence-electron chi connectivity index (χ2n) is 5.90. The molecule has 5 heteroatoms. The van der Waals surface area contributed by atoms with E-state index in [-0.39, 0.29) is 0 Å². The molecule has 0 bridgehead atoms. The predicted molar refractivity (Wildman–Crippen MR) is 81.9 cm³/mol. The van der Waals surface area contributed by atoms with Gasteiger partial charge >= 0.3 is 0 Å². The maximum absolute atomic E-state index is 4.69. The van der Waals surface area contributed by atoms with E-state index in [1.807, 2.05) is 12.4 Å². The average Bonchev–Trinajstić information content (AvgIpc) is 2.77. The van der Waals surface area contributed by atoms with Crippen molar-refractivity contribution in [3.05, 3.63) is 18.5 Å². The number of imidazole rings is 1. The lowest BCUT2D eigenvalue weighted by Gasteiger charge is -2.24. The molecule has 20 heavy (non-hydrogen) atoms. The van der Waals surface area contributed by atoms with Gasteiger partial charge in [-0.15, -0.1) is 0 Å². The molecule has 108 valence electrons. The number of hydrogen-bond acceptors (Lipinski definition) is 4. The van der Waals surface area contributed by atoms with Crippen LogP contribution in [-0.2, 0) is 6.54 Å². The van der Waals surface area contributed by atoms with E-state index in [1.165, 1.54) is 18.4 Å². The fraction of sp³-hybridized carbons (Fsp3) is 0.600. The molecular weight excluding hydrogens is 250 g/mol. The summed E-state index contributed by atoms with van der Waals surface area (Å²) in [6.07, 6.45) is 6.18. The van der Waals surface area contributed by atoms with Crippen molar-refractivity contribution in [1.82, 2.24) is 19.9 Å². The van der Waals surface area contributed by atoms with Crippen molar-refractivity contribution in [2.75, 3.05) is 18.4 Å². The number of anilines is 1. The van der Waals surface area contributed by atoms with E-state index >= 15 is 0 Å². The van der Waals surface area contributed by atoms with E-state index in [9.17, 15) is 0 Å². The molecule has 0 atom stereocenters. The van der Waals surface area contributed by atoms with E-state index in [0.717, 1.165) is 37.0 Å². The van der Waals surface area contributed by atoms with Crippen LogP contribution in [0.15, 0.2) is 18.5 Å². The van der Waals surface area contributed by atoms with Gasteiger partial charge in [-0.3, -0.25) is 4.98 Å². The van der Waals surface area contributed by atoms with Crippen molar-refractivity contribution in [3.8, 4) is 0 Å². The number of aromatic nitrogens is 3. The van der Waals surface area contributed by atoms with Crippen LogP contribution in [0.5, 0.6) is 0 Å². The fourth-order valence-electron chi connectivity index (χ4n) is 2.86. The summed E-state index contributed by atoms with van der Waals surface area (Å²) in [7, 11) is 0. The maximum atomic E-state index is 4.69. The molecule has 2 aromatic heterocycles. The van der Waals surface area contributed by atoms with Crippen molar-refractivity contribution in [2.24, 2.45) is 5.92 Å². The lowest BCUT2D eigenvalue weighted by atomic mass is 9.98. The fourth-order valence-corrected chi connectivity index (χ4v) is 2.86. The molecule has 1 aliphatic rings. The normalized spacial score (nSPS) is 16.9. The lowest BCUT2D eigenvalue weighted by Crippen LogP contribution is -2.30. The van der Waals surface area contributed by atoms with Crippen LogP contribution in [0.3, 0.4) is 0 Å². The van der Waals surface area contributed by atoms with Crippen LogP contribution in [0.1, 0.15) is 26.7 Å². The number of rotatable bonds is 4. The van der Waals surface area contributed by atoms with Crippen LogP contribution in [0.25, 0.3) is 11.0 Å². The Bertz CT molecular complexity index is 569. The van der Waals surface area contributed by atoms with Gasteiger partial charge < -0.3 is 15.2 Å². The van der Waals surface area contributed by atoms with Crippen LogP contribution >= 0.6 is 0 Å². The topological polar surface area (TPSA) is 54.8 Å². The summed E-state index contributed by atoms with van der Waals surface area (Å²) >= 11 is 0. The maximum Gasteiger partial charge on any atom is 0.204 e. The highest BCUT2D eigenvalue weighted by Crippen LogP contribution is 2.23. The third kappa shape index (κ3) is 2.77. The molecular formula is C15H23N5. The average molecular weight is 273 g/mol. The quantitative estimate of drug-likeness (QED) is 0.897. The van der Waals surface area contributed by atoms with Gasteiger partial charge in [0.05, 0.1) is 11.7 Å². The Balaban J connectivity index is 1.92. The number of nitrogens with zero attached hydrogens (tertiary/aromatic N) is 3. The number of fused-ring (bicyclic) bond motifs is 1. The highest BCUT2D eigenvalue weighted by molar-refractivity contribution is 5.77. The van der Waals surface area contributed by atoms with E-state index in [1.54, 1.807) is 0 Å². The van der Waals surface area contributed by atoms with Gasteiger partial charge in [0.15, 0.2) is 0 Å². The Morgan fingerprint density at radius 2 is 2.20 bits per heavy atom. The van der Waals surface area contributed by atoms with Gasteiger partial charge in [0.2, 0.25) is 5.95 Å². The molecule has 1 fully saturated rings. The van der Waals surface area contributed by atoms with E-state index in [2.05, 4.69) is 40.1 Å². The lowest BCUT2D eigenvalue weighted by molar-refractivity contribution is 0.337. The number of nitrogens with one attached hydrogen (secondary N) is 2. The first-order valence-electron chi connectivity index (χ1n) is 7.51. The summed E-state index contributed by atoms with van der Waals surface area (Å²) in [5.74, 6) is 1.70. The molecule has 2 aromatic rings. The Labute approximate surface area is 119 Å². The second-order valence-corrected chi connectivity index (χ2v) is 5.90. The largest absolute Gasteiger partial charge is 0.353 e. The minimum Gasteiger partial charge on any atom is -0.353 e. The van der Waals surface area contributed by atoms with Crippen LogP contribution in [0.2, 0.25) is 0 Å². The van der Waals surface area contributed by atoms with Crippen molar-refractivity contribution in [1.29, 1.82) is 0 Å². The first-order valence-corrected chi connectivity index (χ1v) is 7.51. The van der Waals surface area contributed by atoms with Crippen LogP contribution in [0.4, 0.5) is 5.95 Å². The van der Waals surface area contributed by atoms with Gasteiger partial charge in [-0.1, -0.05) is 0 Å². The first-order chi connectivity index (χ1) is 9.74. The molecule has 1 aliphatic heterocycles. The summed E-state index contributed by atoms with van der Waals surface area (Å²) < 4.78 is 2.33. The smallest absolute Gasteiger partial charge is 0.204 e. The molecule has 0 amide bonds. The Morgan fingerprint density at radius 1 is 1.40 bits per heavy atom. The van der Waals surface area contributed by atoms with Crippen LogP contribution in [-0.4, -0.2) is 33.7 Å². The van der Waals surface area contributed by atoms with Crippen LogP contribution in [0, 0.1) is 5.92 Å². The Morgan fingerprint density at radius 3 is 2.95 bits per heavy atom. The third-order valence-electron chi connectivity index (χ3n) is 3.87. The molecule has 0 radical (unpaired) electrons. The highest BCUT2D eigenvalue weighted by atomic mass is 15.2. The van der Waals surface area contributed by atoms with Gasteiger partial charge in [0, 0.05) is 18.8 Å². The zero-order valence-electron chi connectivity index (χ0n) is 12.3. The molecule has 1 saturated heterocycles. The summed E-state index contributed by atoms with van der Waals surface area (Å²) in [6, 6.07) is 2.45. The molecule has 0 spiro atoms. The summed E-state index contributed by atoms with van der Waals surface area (Å²) in [6.45, 7) is 7.59. The third-order valence-corrected chi connectivity index (χ3v) is 3.87. The highest BCUT2D eigenvalue weighted by Gasteiger charge is 2.18. The van der Waals surface area contributed by atoms with Crippen LogP contribution < -0.4 is 10.6 Å². The molecule has 0 aromatic carbocycles. The van der Waals surface area contributed by atoms with Crippen molar-refractivity contribution in [2.45, 2.75) is 39.3 Å². The first kappa shape index (κ1) is 13.4.